The highest BCUT2D eigenvalue weighted by molar-refractivity contribution is 14.1. The Hall–Kier alpha value is -2.04. The summed E-state index contributed by atoms with van der Waals surface area (Å²) < 4.78 is 28.1. The van der Waals surface area contributed by atoms with Crippen molar-refractivity contribution in [3.05, 3.63) is 69.6 Å². The number of hydrogen-bond donors (Lipinski definition) is 3. The summed E-state index contributed by atoms with van der Waals surface area (Å²) in [5, 5.41) is 19.8. The third-order valence-electron chi connectivity index (χ3n) is 5.84. The van der Waals surface area contributed by atoms with Crippen LogP contribution in [-0.4, -0.2) is 34.2 Å². The molecule has 3 aromatic rings. The van der Waals surface area contributed by atoms with Crippen LogP contribution in [0.3, 0.4) is 0 Å². The van der Waals surface area contributed by atoms with Crippen molar-refractivity contribution in [1.29, 1.82) is 0 Å². The van der Waals surface area contributed by atoms with E-state index in [1.54, 1.807) is 6.07 Å². The van der Waals surface area contributed by atoms with E-state index in [9.17, 15) is 13.9 Å². The van der Waals surface area contributed by atoms with Crippen LogP contribution >= 0.6 is 22.6 Å². The fourth-order valence-electron chi connectivity index (χ4n) is 4.25. The summed E-state index contributed by atoms with van der Waals surface area (Å²) in [5.74, 6) is 0.433. The molecule has 170 valence electrons. The maximum absolute atomic E-state index is 12.3. The van der Waals surface area contributed by atoms with Crippen LogP contribution in [0, 0.1) is 3.57 Å². The highest BCUT2D eigenvalue weighted by atomic mass is 127. The molecular weight excluding hydrogens is 525 g/mol. The minimum atomic E-state index is -2.52. The van der Waals surface area contributed by atoms with Gasteiger partial charge in [0.1, 0.15) is 0 Å². The smallest absolute Gasteiger partial charge is 0.251 e. The largest absolute Gasteiger partial charge is 0.361 e. The van der Waals surface area contributed by atoms with Crippen LogP contribution in [0.15, 0.2) is 54.7 Å². The van der Waals surface area contributed by atoms with Crippen molar-refractivity contribution >= 4 is 28.3 Å². The molecule has 1 aliphatic heterocycles. The first-order valence-corrected chi connectivity index (χ1v) is 11.9. The van der Waals surface area contributed by atoms with Crippen molar-refractivity contribution in [1.82, 2.24) is 15.1 Å². The molecule has 0 saturated heterocycles. The summed E-state index contributed by atoms with van der Waals surface area (Å²) in [6.45, 7) is 0.274. The first kappa shape index (κ1) is 23.1. The van der Waals surface area contributed by atoms with Crippen molar-refractivity contribution in [3.8, 4) is 11.1 Å². The van der Waals surface area contributed by atoms with E-state index in [0.717, 1.165) is 36.9 Å². The molecule has 1 aromatic heterocycles. The lowest BCUT2D eigenvalue weighted by Crippen LogP contribution is -2.38. The van der Waals surface area contributed by atoms with Gasteiger partial charge in [-0.15, -0.1) is 0 Å². The molecule has 2 unspecified atom stereocenters. The molecule has 1 aliphatic rings. The van der Waals surface area contributed by atoms with Gasteiger partial charge in [-0.3, -0.25) is 10.00 Å². The molecule has 2 heterocycles. The molecule has 0 radical (unpaired) electrons. The number of nitrogens with zero attached hydrogens (tertiary/aromatic N) is 2. The van der Waals surface area contributed by atoms with Gasteiger partial charge in [-0.2, -0.15) is 5.10 Å². The van der Waals surface area contributed by atoms with E-state index < -0.39 is 19.3 Å². The molecule has 0 amide bonds. The van der Waals surface area contributed by atoms with Gasteiger partial charge in [0.15, 0.2) is 6.35 Å². The maximum atomic E-state index is 12.3. The Kier molecular flexibility index (Phi) is 7.75. The normalized spacial score (nSPS) is 17.5. The average Bonchev–Trinajstić information content (AvgIpc) is 3.14. The average molecular weight is 552 g/mol. The highest BCUT2D eigenvalue weighted by Crippen LogP contribution is 2.33. The summed E-state index contributed by atoms with van der Waals surface area (Å²) in [6.07, 6.45) is 2.53. The van der Waals surface area contributed by atoms with E-state index in [0.29, 0.717) is 11.6 Å². The van der Waals surface area contributed by atoms with Crippen molar-refractivity contribution in [3.63, 3.8) is 0 Å². The number of hydrogen-bond acceptors (Lipinski definition) is 4. The molecule has 0 aliphatic carbocycles. The van der Waals surface area contributed by atoms with Crippen LogP contribution in [0.25, 0.3) is 11.1 Å². The Morgan fingerprint density at radius 2 is 1.97 bits per heavy atom. The number of aliphatic hydroxyl groups is 1. The zero-order valence-electron chi connectivity index (χ0n) is 17.6. The number of aromatic nitrogens is 2. The number of benzene rings is 2. The highest BCUT2D eigenvalue weighted by Gasteiger charge is 2.21. The summed E-state index contributed by atoms with van der Waals surface area (Å²) in [7, 11) is 0. The van der Waals surface area contributed by atoms with E-state index >= 15 is 0 Å². The van der Waals surface area contributed by atoms with E-state index in [1.165, 1.54) is 21.2 Å². The SMILES string of the molecule is OC(NCC(F)F)Nc1cccc(-c2cnn3c2CCCCC(c2ccc(I)cc2)C3)c1. The van der Waals surface area contributed by atoms with Gasteiger partial charge in [0.05, 0.1) is 12.7 Å². The van der Waals surface area contributed by atoms with Gasteiger partial charge in [0, 0.05) is 33.0 Å². The third kappa shape index (κ3) is 5.85. The van der Waals surface area contributed by atoms with Gasteiger partial charge >= 0.3 is 0 Å². The number of anilines is 1. The number of alkyl halides is 2. The molecule has 5 nitrogen and oxygen atoms in total. The topological polar surface area (TPSA) is 62.1 Å². The number of fused-ring (bicyclic) bond motifs is 1. The zero-order chi connectivity index (χ0) is 22.5. The molecule has 32 heavy (non-hydrogen) atoms. The Balaban J connectivity index is 1.54. The quantitative estimate of drug-likeness (QED) is 0.279. The molecule has 0 saturated carbocycles. The molecule has 2 aromatic carbocycles. The van der Waals surface area contributed by atoms with E-state index in [2.05, 4.69) is 62.2 Å². The Bertz CT molecular complexity index is 1030. The van der Waals surface area contributed by atoms with Crippen LogP contribution in [-0.2, 0) is 13.0 Å². The van der Waals surface area contributed by atoms with Gasteiger partial charge in [0.25, 0.3) is 6.43 Å². The molecular formula is C24H27F2IN4O. The van der Waals surface area contributed by atoms with Crippen molar-refractivity contribution in [2.24, 2.45) is 0 Å². The minimum absolute atomic E-state index is 0.433. The number of nitrogens with one attached hydrogen (secondary N) is 2. The van der Waals surface area contributed by atoms with Gasteiger partial charge in [-0.1, -0.05) is 30.7 Å². The standard InChI is InChI=1S/C24H27F2IN4O/c25-23(26)14-28-24(32)30-20-6-3-5-17(12-20)21-13-29-31-15-18(4-1-2-7-22(21)31)16-8-10-19(27)11-9-16/h3,5-6,8-13,18,23-24,28,30,32H,1-2,4,7,14-15H2. The molecule has 3 N–H and O–H groups in total. The Morgan fingerprint density at radius 3 is 2.75 bits per heavy atom. The minimum Gasteiger partial charge on any atom is -0.361 e. The third-order valence-corrected chi connectivity index (χ3v) is 6.56. The number of rotatable bonds is 7. The predicted molar refractivity (Wildman–Crippen MR) is 131 cm³/mol. The Morgan fingerprint density at radius 1 is 1.16 bits per heavy atom. The predicted octanol–water partition coefficient (Wildman–Crippen LogP) is 5.21. The van der Waals surface area contributed by atoms with Gasteiger partial charge in [-0.25, -0.2) is 8.78 Å². The number of halogens is 3. The summed E-state index contributed by atoms with van der Waals surface area (Å²) in [6, 6.07) is 16.4. The van der Waals surface area contributed by atoms with Gasteiger partial charge < -0.3 is 10.4 Å². The van der Waals surface area contributed by atoms with Crippen molar-refractivity contribution < 1.29 is 13.9 Å². The fraction of sp³-hybridized carbons (Fsp3) is 0.375. The van der Waals surface area contributed by atoms with E-state index in [1.807, 2.05) is 24.4 Å². The van der Waals surface area contributed by atoms with Crippen molar-refractivity contribution in [2.75, 3.05) is 11.9 Å². The first-order valence-electron chi connectivity index (χ1n) is 10.9. The second-order valence-corrected chi connectivity index (χ2v) is 9.35. The second-order valence-electron chi connectivity index (χ2n) is 8.11. The van der Waals surface area contributed by atoms with Crippen molar-refractivity contribution in [2.45, 2.75) is 50.9 Å². The molecule has 0 fully saturated rings. The lowest BCUT2D eigenvalue weighted by molar-refractivity contribution is 0.102. The van der Waals surface area contributed by atoms with Crippen LogP contribution in [0.5, 0.6) is 0 Å². The molecule has 8 heteroatoms. The first-order chi connectivity index (χ1) is 15.5. The molecule has 0 bridgehead atoms. The Labute approximate surface area is 200 Å². The maximum Gasteiger partial charge on any atom is 0.251 e. The van der Waals surface area contributed by atoms with Gasteiger partial charge in [-0.05, 0) is 77.2 Å². The lowest BCUT2D eigenvalue weighted by Gasteiger charge is -2.22. The van der Waals surface area contributed by atoms with E-state index in [-0.39, 0.29) is 0 Å². The van der Waals surface area contributed by atoms with E-state index in [4.69, 9.17) is 5.10 Å². The van der Waals surface area contributed by atoms with Gasteiger partial charge in [0.2, 0.25) is 0 Å². The zero-order valence-corrected chi connectivity index (χ0v) is 19.8. The summed E-state index contributed by atoms with van der Waals surface area (Å²) in [4.78, 5) is 0. The van der Waals surface area contributed by atoms with Crippen LogP contribution < -0.4 is 10.6 Å². The summed E-state index contributed by atoms with van der Waals surface area (Å²) in [5.41, 5.74) is 5.29. The second kappa shape index (κ2) is 10.7. The molecule has 0 spiro atoms. The van der Waals surface area contributed by atoms with Crippen LogP contribution in [0.1, 0.15) is 36.4 Å². The lowest BCUT2D eigenvalue weighted by atomic mass is 9.91. The van der Waals surface area contributed by atoms with Crippen LogP contribution in [0.4, 0.5) is 14.5 Å². The number of aliphatic hydroxyl groups excluding tert-OH is 1. The molecule has 4 rings (SSSR count). The fourth-order valence-corrected chi connectivity index (χ4v) is 4.61. The molecule has 2 atom stereocenters. The summed E-state index contributed by atoms with van der Waals surface area (Å²) >= 11 is 2.33. The monoisotopic (exact) mass is 552 g/mol. The van der Waals surface area contributed by atoms with Crippen LogP contribution in [0.2, 0.25) is 0 Å².